The second kappa shape index (κ2) is 10.7. The van der Waals surface area contributed by atoms with Crippen molar-refractivity contribution in [2.75, 3.05) is 0 Å². The topological polar surface area (TPSA) is 82.4 Å². The van der Waals surface area contributed by atoms with E-state index in [9.17, 15) is 13.6 Å². The average Bonchev–Trinajstić information content (AvgIpc) is 3.44. The third kappa shape index (κ3) is 5.23. The molecule has 45 heavy (non-hydrogen) atoms. The van der Waals surface area contributed by atoms with Gasteiger partial charge >= 0.3 is 6.61 Å². The molecule has 0 fully saturated rings. The van der Waals surface area contributed by atoms with E-state index in [1.807, 2.05) is 63.2 Å². The highest BCUT2D eigenvalue weighted by atomic mass is 28.4. The predicted molar refractivity (Wildman–Crippen MR) is 172 cm³/mol. The number of benzene rings is 2. The maximum atomic E-state index is 13.8. The second-order valence-corrected chi connectivity index (χ2v) is 19.1. The van der Waals surface area contributed by atoms with Gasteiger partial charge in [-0.3, -0.25) is 4.79 Å². The number of imidazole rings is 1. The van der Waals surface area contributed by atoms with E-state index in [4.69, 9.17) is 24.1 Å². The van der Waals surface area contributed by atoms with Crippen LogP contribution in [-0.4, -0.2) is 51.3 Å². The third-order valence-electron chi connectivity index (χ3n) is 9.59. The smallest absolute Gasteiger partial charge is 0.387 e. The largest absolute Gasteiger partial charge is 0.434 e. The Labute approximate surface area is 263 Å². The molecule has 2 aromatic carbocycles. The van der Waals surface area contributed by atoms with Crippen LogP contribution in [0.1, 0.15) is 94.5 Å². The number of aromatic nitrogens is 4. The summed E-state index contributed by atoms with van der Waals surface area (Å²) < 4.78 is 40.8. The molecule has 0 saturated carbocycles. The fraction of sp³-hybridized carbons (Fsp3) is 0.471. The Morgan fingerprint density at radius 2 is 1.67 bits per heavy atom. The van der Waals surface area contributed by atoms with Crippen molar-refractivity contribution in [2.24, 2.45) is 0 Å². The minimum atomic E-state index is -3.01. The number of halogens is 2. The Bertz CT molecular complexity index is 1780. The lowest BCUT2D eigenvalue weighted by Crippen LogP contribution is -2.46. The van der Waals surface area contributed by atoms with Crippen LogP contribution in [0.25, 0.3) is 22.2 Å². The van der Waals surface area contributed by atoms with E-state index in [0.29, 0.717) is 23.4 Å². The van der Waals surface area contributed by atoms with Crippen molar-refractivity contribution in [3.05, 3.63) is 71.6 Å². The first kappa shape index (κ1) is 31.3. The molecule has 4 aromatic rings. The highest BCUT2D eigenvalue weighted by molar-refractivity contribution is 6.74. The van der Waals surface area contributed by atoms with Crippen molar-refractivity contribution in [1.82, 2.24) is 24.4 Å². The number of carbonyl (C=O) groups is 1. The Kier molecular flexibility index (Phi) is 7.43. The summed E-state index contributed by atoms with van der Waals surface area (Å²) >= 11 is 0. The van der Waals surface area contributed by atoms with Gasteiger partial charge in [0, 0.05) is 41.5 Å². The maximum Gasteiger partial charge on any atom is 0.387 e. The van der Waals surface area contributed by atoms with Crippen molar-refractivity contribution < 1.29 is 22.7 Å². The Morgan fingerprint density at radius 3 is 2.29 bits per heavy atom. The standard InChI is InChI=1S/C34H41F2N5O3Si/c1-19(2)40-26-16-25(28-22(30(40)42)11-10-12-27(28)43-32(35)36)41-24-15-20(13-14-23(24)39-29(26)41)21-17-37-31(38-18-21)34(6,7)44-45(8,9)33(3,4)5/h10-15,17-19,25-26,32H,16H2,1-9H3/t25-,26-/m1/s1. The molecule has 1 amide bonds. The molecule has 0 aliphatic carbocycles. The predicted octanol–water partition coefficient (Wildman–Crippen LogP) is 8.25. The zero-order valence-electron chi connectivity index (χ0n) is 27.4. The molecule has 6 rings (SSSR count). The quantitative estimate of drug-likeness (QED) is 0.191. The molecular formula is C34H41F2N5O3Si. The normalized spacial score (nSPS) is 18.5. The number of ether oxygens (including phenoxy) is 1. The van der Waals surface area contributed by atoms with Gasteiger partial charge in [0.1, 0.15) is 17.2 Å². The lowest BCUT2D eigenvalue weighted by Gasteiger charge is -2.42. The first-order valence-corrected chi connectivity index (χ1v) is 18.4. The summed E-state index contributed by atoms with van der Waals surface area (Å²) in [7, 11) is -2.07. The molecule has 2 bridgehead atoms. The van der Waals surface area contributed by atoms with E-state index in [1.165, 1.54) is 6.07 Å². The van der Waals surface area contributed by atoms with Crippen LogP contribution in [0.2, 0.25) is 18.1 Å². The van der Waals surface area contributed by atoms with Gasteiger partial charge < -0.3 is 18.6 Å². The van der Waals surface area contributed by atoms with E-state index in [0.717, 1.165) is 28.0 Å². The van der Waals surface area contributed by atoms with Crippen LogP contribution < -0.4 is 4.74 Å². The van der Waals surface area contributed by atoms with Crippen LogP contribution >= 0.6 is 0 Å². The molecule has 0 spiro atoms. The molecule has 2 atom stereocenters. The van der Waals surface area contributed by atoms with Gasteiger partial charge in [-0.25, -0.2) is 15.0 Å². The number of carbonyl (C=O) groups excluding carboxylic acids is 1. The average molecular weight is 634 g/mol. The highest BCUT2D eigenvalue weighted by Gasteiger charge is 2.47. The second-order valence-electron chi connectivity index (χ2n) is 14.4. The number of amides is 1. The summed E-state index contributed by atoms with van der Waals surface area (Å²) in [6.45, 7) is 16.0. The van der Waals surface area contributed by atoms with Gasteiger partial charge in [-0.1, -0.05) is 32.9 Å². The number of hydrogen-bond acceptors (Lipinski definition) is 6. The van der Waals surface area contributed by atoms with Crippen LogP contribution in [0.4, 0.5) is 8.78 Å². The van der Waals surface area contributed by atoms with E-state index < -0.39 is 26.6 Å². The van der Waals surface area contributed by atoms with Gasteiger partial charge in [-0.05, 0) is 75.7 Å². The summed E-state index contributed by atoms with van der Waals surface area (Å²) in [6.07, 6.45) is 4.14. The van der Waals surface area contributed by atoms with Crippen molar-refractivity contribution in [1.29, 1.82) is 0 Å². The zero-order valence-corrected chi connectivity index (χ0v) is 28.4. The summed E-state index contributed by atoms with van der Waals surface area (Å²) in [4.78, 5) is 30.1. The van der Waals surface area contributed by atoms with Gasteiger partial charge in [0.25, 0.3) is 5.91 Å². The molecule has 4 heterocycles. The van der Waals surface area contributed by atoms with E-state index in [-0.39, 0.29) is 28.8 Å². The van der Waals surface area contributed by atoms with Crippen molar-refractivity contribution >= 4 is 25.3 Å². The van der Waals surface area contributed by atoms with Crippen LogP contribution in [0.15, 0.2) is 48.8 Å². The minimum Gasteiger partial charge on any atom is -0.434 e. The van der Waals surface area contributed by atoms with Gasteiger partial charge in [0.05, 0.1) is 23.1 Å². The van der Waals surface area contributed by atoms with Crippen molar-refractivity contribution in [3.63, 3.8) is 0 Å². The molecule has 2 aliphatic heterocycles. The number of nitrogens with zero attached hydrogens (tertiary/aromatic N) is 5. The zero-order chi connectivity index (χ0) is 32.6. The lowest BCUT2D eigenvalue weighted by molar-refractivity contribution is -0.0507. The fourth-order valence-electron chi connectivity index (χ4n) is 6.53. The van der Waals surface area contributed by atoms with Crippen molar-refractivity contribution in [3.8, 4) is 16.9 Å². The number of rotatable bonds is 7. The molecule has 0 N–H and O–H groups in total. The van der Waals surface area contributed by atoms with Crippen LogP contribution in [0.3, 0.4) is 0 Å². The third-order valence-corrected chi connectivity index (χ3v) is 14.2. The number of hydrogen-bond donors (Lipinski definition) is 0. The first-order chi connectivity index (χ1) is 21.0. The maximum absolute atomic E-state index is 13.8. The molecule has 238 valence electrons. The molecule has 2 aromatic heterocycles. The summed E-state index contributed by atoms with van der Waals surface area (Å²) in [5.74, 6) is 1.17. The first-order valence-electron chi connectivity index (χ1n) is 15.5. The molecule has 0 radical (unpaired) electrons. The Hall–Kier alpha value is -3.70. The lowest BCUT2D eigenvalue weighted by atomic mass is 9.97. The summed E-state index contributed by atoms with van der Waals surface area (Å²) in [6, 6.07) is 9.93. The molecule has 8 nitrogen and oxygen atoms in total. The molecule has 2 aliphatic rings. The minimum absolute atomic E-state index is 0.0163. The Balaban J connectivity index is 1.43. The fourth-order valence-corrected chi connectivity index (χ4v) is 8.21. The van der Waals surface area contributed by atoms with E-state index in [2.05, 4.69) is 38.4 Å². The molecule has 11 heteroatoms. The summed E-state index contributed by atoms with van der Waals surface area (Å²) in [5.41, 5.74) is 3.53. The molecular weight excluding hydrogens is 592 g/mol. The Morgan fingerprint density at radius 1 is 0.978 bits per heavy atom. The molecule has 0 saturated heterocycles. The van der Waals surface area contributed by atoms with E-state index >= 15 is 0 Å². The summed E-state index contributed by atoms with van der Waals surface area (Å²) in [5, 5.41) is 0.0504. The van der Waals surface area contributed by atoms with Crippen LogP contribution in [-0.2, 0) is 10.0 Å². The van der Waals surface area contributed by atoms with Crippen molar-refractivity contribution in [2.45, 2.75) is 103 Å². The van der Waals surface area contributed by atoms with Gasteiger partial charge in [0.2, 0.25) is 0 Å². The number of fused-ring (bicyclic) bond motifs is 9. The SMILES string of the molecule is CC(C)N1C(=O)c2cccc(OC(F)F)c2[C@H]2C[C@@H]1c1nc3ccc(-c4cnc(C(C)(C)O[Si](C)(C)C(C)(C)C)nc4)cc3n12. The van der Waals surface area contributed by atoms with Crippen LogP contribution in [0.5, 0.6) is 5.75 Å². The van der Waals surface area contributed by atoms with E-state index in [1.54, 1.807) is 12.1 Å². The number of alkyl halides is 2. The van der Waals surface area contributed by atoms with Gasteiger partial charge in [-0.15, -0.1) is 0 Å². The van der Waals surface area contributed by atoms with Gasteiger partial charge in [-0.2, -0.15) is 8.78 Å². The van der Waals surface area contributed by atoms with Crippen LogP contribution in [0, 0.1) is 0 Å². The molecule has 0 unspecified atom stereocenters. The van der Waals surface area contributed by atoms with Gasteiger partial charge in [0.15, 0.2) is 14.1 Å². The monoisotopic (exact) mass is 633 g/mol. The highest BCUT2D eigenvalue weighted by Crippen LogP contribution is 2.51.